The van der Waals surface area contributed by atoms with Crippen molar-refractivity contribution < 1.29 is 4.79 Å². The summed E-state index contributed by atoms with van der Waals surface area (Å²) >= 11 is 0. The van der Waals surface area contributed by atoms with Gasteiger partial charge < -0.3 is 0 Å². The Bertz CT molecular complexity index is 1210. The van der Waals surface area contributed by atoms with E-state index in [4.69, 9.17) is 0 Å². The third kappa shape index (κ3) is 2.44. The molecule has 3 aromatic rings. The zero-order chi connectivity index (χ0) is 20.0. The number of allylic oxidation sites excluding steroid dienone is 5. The molecule has 0 fully saturated rings. The summed E-state index contributed by atoms with van der Waals surface area (Å²) in [5, 5.41) is 0. The number of rotatable bonds is 2. The second-order valence-electron chi connectivity index (χ2n) is 7.81. The van der Waals surface area contributed by atoms with Crippen LogP contribution in [0.5, 0.6) is 0 Å². The molecule has 5 rings (SSSR count). The second-order valence-corrected chi connectivity index (χ2v) is 7.81. The Balaban J connectivity index is 1.94. The summed E-state index contributed by atoms with van der Waals surface area (Å²) in [5.74, 6) is 0.176. The van der Waals surface area contributed by atoms with E-state index >= 15 is 0 Å². The lowest BCUT2D eigenvalue weighted by molar-refractivity contribution is -0.117. The van der Waals surface area contributed by atoms with Crippen molar-refractivity contribution in [3.63, 3.8) is 0 Å². The van der Waals surface area contributed by atoms with Gasteiger partial charge in [-0.3, -0.25) is 4.79 Å². The summed E-state index contributed by atoms with van der Waals surface area (Å²) < 4.78 is 0. The first-order valence-corrected chi connectivity index (χ1v) is 10.0. The molecule has 0 saturated carbocycles. The summed E-state index contributed by atoms with van der Waals surface area (Å²) in [5.41, 5.74) is 7.77. The van der Waals surface area contributed by atoms with Crippen molar-refractivity contribution in [2.45, 2.75) is 19.3 Å². The number of fused-ring (bicyclic) bond motifs is 2. The molecule has 0 N–H and O–H groups in total. The third-order valence-corrected chi connectivity index (χ3v) is 6.26. The molecular formula is C28H22O. The van der Waals surface area contributed by atoms with E-state index in [0.717, 1.165) is 44.5 Å². The summed E-state index contributed by atoms with van der Waals surface area (Å²) in [6.45, 7) is 3.97. The van der Waals surface area contributed by atoms with Crippen LogP contribution in [0.1, 0.15) is 36.1 Å². The van der Waals surface area contributed by atoms with E-state index in [1.54, 1.807) is 0 Å². The summed E-state index contributed by atoms with van der Waals surface area (Å²) in [6.07, 6.45) is 4.24. The van der Waals surface area contributed by atoms with Crippen molar-refractivity contribution in [2.75, 3.05) is 0 Å². The van der Waals surface area contributed by atoms with E-state index in [1.807, 2.05) is 44.2 Å². The van der Waals surface area contributed by atoms with Gasteiger partial charge in [0.05, 0.1) is 0 Å². The van der Waals surface area contributed by atoms with Gasteiger partial charge in [-0.15, -0.1) is 0 Å². The van der Waals surface area contributed by atoms with Crippen LogP contribution in [-0.4, -0.2) is 5.78 Å². The van der Waals surface area contributed by atoms with Crippen LogP contribution < -0.4 is 0 Å². The molecule has 1 heteroatoms. The predicted octanol–water partition coefficient (Wildman–Crippen LogP) is 6.37. The van der Waals surface area contributed by atoms with Gasteiger partial charge in [-0.25, -0.2) is 0 Å². The van der Waals surface area contributed by atoms with Gasteiger partial charge in [0, 0.05) is 0 Å². The van der Waals surface area contributed by atoms with E-state index in [0.29, 0.717) is 0 Å². The first kappa shape index (κ1) is 17.6. The topological polar surface area (TPSA) is 17.1 Å². The Hall–Kier alpha value is -3.45. The lowest BCUT2D eigenvalue weighted by atomic mass is 9.66. The summed E-state index contributed by atoms with van der Waals surface area (Å²) in [7, 11) is 0. The highest BCUT2D eigenvalue weighted by Crippen LogP contribution is 2.56. The average Bonchev–Trinajstić information content (AvgIpc) is 3.07. The minimum atomic E-state index is -0.785. The van der Waals surface area contributed by atoms with Gasteiger partial charge in [-0.1, -0.05) is 97.1 Å². The van der Waals surface area contributed by atoms with Crippen LogP contribution in [0.2, 0.25) is 0 Å². The SMILES string of the molecule is CC1=C(C)C(=O)C2(C=C1)C(c1ccccc1)=C(c1ccccc1)c1ccccc12. The van der Waals surface area contributed by atoms with E-state index in [-0.39, 0.29) is 5.78 Å². The molecule has 3 aromatic carbocycles. The predicted molar refractivity (Wildman–Crippen MR) is 119 cm³/mol. The molecule has 0 bridgehead atoms. The number of benzene rings is 3. The van der Waals surface area contributed by atoms with E-state index in [9.17, 15) is 4.79 Å². The van der Waals surface area contributed by atoms with Gasteiger partial charge in [-0.05, 0) is 58.4 Å². The smallest absolute Gasteiger partial charge is 0.177 e. The standard InChI is InChI=1S/C28H22O/c1-19-17-18-28(27(29)20(19)2)24-16-10-9-15-23(24)25(21-11-5-3-6-12-21)26(28)22-13-7-4-8-14-22/h3-18H,1-2H3. The number of Topliss-reactive ketones (excluding diaryl/α,β-unsaturated/α-hetero) is 1. The lowest BCUT2D eigenvalue weighted by Gasteiger charge is -2.33. The van der Waals surface area contributed by atoms with Crippen LogP contribution >= 0.6 is 0 Å². The van der Waals surface area contributed by atoms with Crippen LogP contribution in [0.15, 0.2) is 108 Å². The van der Waals surface area contributed by atoms with Gasteiger partial charge in [0.1, 0.15) is 5.41 Å². The monoisotopic (exact) mass is 374 g/mol. The fourth-order valence-corrected chi connectivity index (χ4v) is 4.73. The van der Waals surface area contributed by atoms with Crippen molar-refractivity contribution in [1.82, 2.24) is 0 Å². The number of hydrogen-bond donors (Lipinski definition) is 0. The van der Waals surface area contributed by atoms with Crippen molar-refractivity contribution >= 4 is 16.9 Å². The summed E-state index contributed by atoms with van der Waals surface area (Å²) in [4.78, 5) is 13.9. The quantitative estimate of drug-likeness (QED) is 0.509. The maximum atomic E-state index is 13.9. The molecule has 0 radical (unpaired) electrons. The zero-order valence-corrected chi connectivity index (χ0v) is 16.6. The van der Waals surface area contributed by atoms with Crippen molar-refractivity contribution in [3.05, 3.63) is 130 Å². The highest BCUT2D eigenvalue weighted by Gasteiger charge is 2.50. The normalized spacial score (nSPS) is 20.6. The van der Waals surface area contributed by atoms with E-state index in [2.05, 4.69) is 66.7 Å². The van der Waals surface area contributed by atoms with Gasteiger partial charge in [-0.2, -0.15) is 0 Å². The third-order valence-electron chi connectivity index (χ3n) is 6.26. The largest absolute Gasteiger partial charge is 0.293 e. The number of hydrogen-bond acceptors (Lipinski definition) is 1. The van der Waals surface area contributed by atoms with Gasteiger partial charge in [0.2, 0.25) is 0 Å². The molecule has 140 valence electrons. The fraction of sp³-hybridized carbons (Fsp3) is 0.107. The molecule has 0 heterocycles. The fourth-order valence-electron chi connectivity index (χ4n) is 4.73. The molecule has 2 aliphatic rings. The van der Waals surface area contributed by atoms with Crippen molar-refractivity contribution in [3.8, 4) is 0 Å². The van der Waals surface area contributed by atoms with Gasteiger partial charge in [0.25, 0.3) is 0 Å². The minimum absolute atomic E-state index is 0.176. The number of ketones is 1. The van der Waals surface area contributed by atoms with Crippen LogP contribution in [0, 0.1) is 0 Å². The highest BCUT2D eigenvalue weighted by molar-refractivity contribution is 6.24. The first-order chi connectivity index (χ1) is 14.1. The molecule has 1 nitrogen and oxygen atoms in total. The Kier molecular flexibility index (Phi) is 3.99. The molecule has 0 saturated heterocycles. The lowest BCUT2D eigenvalue weighted by Crippen LogP contribution is -2.36. The van der Waals surface area contributed by atoms with E-state index < -0.39 is 5.41 Å². The Morgan fingerprint density at radius 1 is 0.690 bits per heavy atom. The molecule has 0 aliphatic heterocycles. The molecular weight excluding hydrogens is 352 g/mol. The minimum Gasteiger partial charge on any atom is -0.293 e. The Morgan fingerprint density at radius 3 is 1.97 bits per heavy atom. The molecule has 29 heavy (non-hydrogen) atoms. The maximum Gasteiger partial charge on any atom is 0.177 e. The van der Waals surface area contributed by atoms with Crippen molar-refractivity contribution in [1.29, 1.82) is 0 Å². The first-order valence-electron chi connectivity index (χ1n) is 10.0. The Labute approximate surface area is 171 Å². The molecule has 0 amide bonds. The maximum absolute atomic E-state index is 13.9. The van der Waals surface area contributed by atoms with E-state index in [1.165, 1.54) is 0 Å². The van der Waals surface area contributed by atoms with Crippen LogP contribution in [0.25, 0.3) is 11.1 Å². The molecule has 1 unspecified atom stereocenters. The molecule has 1 spiro atoms. The summed E-state index contributed by atoms with van der Waals surface area (Å²) in [6, 6.07) is 29.2. The van der Waals surface area contributed by atoms with Gasteiger partial charge in [0.15, 0.2) is 5.78 Å². The van der Waals surface area contributed by atoms with Crippen LogP contribution in [0.4, 0.5) is 0 Å². The number of carbonyl (C=O) groups excluding carboxylic acids is 1. The second kappa shape index (κ2) is 6.56. The molecule has 1 atom stereocenters. The van der Waals surface area contributed by atoms with Crippen LogP contribution in [0.3, 0.4) is 0 Å². The Morgan fingerprint density at radius 2 is 1.28 bits per heavy atom. The average molecular weight is 374 g/mol. The van der Waals surface area contributed by atoms with Gasteiger partial charge >= 0.3 is 0 Å². The van der Waals surface area contributed by atoms with Crippen LogP contribution in [-0.2, 0) is 10.2 Å². The highest BCUT2D eigenvalue weighted by atomic mass is 16.1. The zero-order valence-electron chi connectivity index (χ0n) is 16.6. The van der Waals surface area contributed by atoms with Crippen molar-refractivity contribution in [2.24, 2.45) is 0 Å². The molecule has 0 aromatic heterocycles. The number of carbonyl (C=O) groups is 1. The molecule has 2 aliphatic carbocycles.